The van der Waals surface area contributed by atoms with Crippen LogP contribution in [0.25, 0.3) is 0 Å². The summed E-state index contributed by atoms with van der Waals surface area (Å²) in [7, 11) is 1.69. The van der Waals surface area contributed by atoms with Gasteiger partial charge in [0.05, 0.1) is 7.11 Å². The fraction of sp³-hybridized carbons (Fsp3) is 0.571. The minimum atomic E-state index is 0. The molecule has 1 aliphatic heterocycles. The smallest absolute Gasteiger partial charge is 0.123 e. The van der Waals surface area contributed by atoms with Crippen molar-refractivity contribution in [1.29, 1.82) is 0 Å². The number of benzene rings is 1. The first-order chi connectivity index (χ1) is 9.26. The number of ether oxygens (including phenoxy) is 1. The minimum absolute atomic E-state index is 0. The van der Waals surface area contributed by atoms with Gasteiger partial charge in [-0.25, -0.2) is 0 Å². The molecule has 6 heteroatoms. The standard InChI is InChI=1S/C14H21BrN2O2.ClH/c1-19-14-3-2-11(15)10-12(14)13(4-9-18)17-7-5-16-6-8-17;/h2-3,10,13,16,18H,4-9H2,1H3;1H/t13-;/m0./s1. The molecule has 4 nitrogen and oxygen atoms in total. The maximum atomic E-state index is 9.37. The van der Waals surface area contributed by atoms with Gasteiger partial charge in [0.15, 0.2) is 0 Å². The van der Waals surface area contributed by atoms with Gasteiger partial charge in [-0.3, -0.25) is 4.90 Å². The Morgan fingerprint density at radius 3 is 2.70 bits per heavy atom. The van der Waals surface area contributed by atoms with Crippen molar-refractivity contribution in [3.63, 3.8) is 0 Å². The average molecular weight is 366 g/mol. The van der Waals surface area contributed by atoms with Gasteiger partial charge in [-0.15, -0.1) is 12.4 Å². The average Bonchev–Trinajstić information content (AvgIpc) is 2.45. The molecule has 0 aliphatic carbocycles. The van der Waals surface area contributed by atoms with E-state index in [1.165, 1.54) is 0 Å². The van der Waals surface area contributed by atoms with E-state index in [4.69, 9.17) is 4.74 Å². The molecule has 2 rings (SSSR count). The second kappa shape index (κ2) is 8.85. The van der Waals surface area contributed by atoms with E-state index in [0.717, 1.165) is 48.4 Å². The van der Waals surface area contributed by atoms with Gasteiger partial charge in [-0.1, -0.05) is 15.9 Å². The van der Waals surface area contributed by atoms with E-state index in [0.29, 0.717) is 0 Å². The Hall–Kier alpha value is -0.330. The summed E-state index contributed by atoms with van der Waals surface area (Å²) >= 11 is 3.52. The number of aliphatic hydroxyl groups is 1. The summed E-state index contributed by atoms with van der Waals surface area (Å²) in [4.78, 5) is 2.41. The van der Waals surface area contributed by atoms with Gasteiger partial charge in [0.25, 0.3) is 0 Å². The van der Waals surface area contributed by atoms with Crippen molar-refractivity contribution in [2.45, 2.75) is 12.5 Å². The fourth-order valence-electron chi connectivity index (χ4n) is 2.62. The molecular formula is C14H22BrClN2O2. The fourth-order valence-corrected chi connectivity index (χ4v) is 3.00. The normalized spacial score (nSPS) is 17.4. The molecule has 1 aliphatic rings. The molecule has 0 spiro atoms. The van der Waals surface area contributed by atoms with Crippen LogP contribution in [0.4, 0.5) is 0 Å². The molecule has 2 N–H and O–H groups in total. The molecule has 1 saturated heterocycles. The van der Waals surface area contributed by atoms with E-state index in [9.17, 15) is 5.11 Å². The van der Waals surface area contributed by atoms with Crippen LogP contribution in [0.5, 0.6) is 5.75 Å². The second-order valence-corrected chi connectivity index (χ2v) is 5.62. The highest BCUT2D eigenvalue weighted by molar-refractivity contribution is 9.10. The molecule has 1 aromatic carbocycles. The maximum Gasteiger partial charge on any atom is 0.123 e. The highest BCUT2D eigenvalue weighted by Crippen LogP contribution is 2.34. The molecule has 0 aromatic heterocycles. The lowest BCUT2D eigenvalue weighted by Gasteiger charge is -2.35. The van der Waals surface area contributed by atoms with Crippen LogP contribution in [0.1, 0.15) is 18.0 Å². The van der Waals surface area contributed by atoms with Crippen molar-refractivity contribution in [1.82, 2.24) is 10.2 Å². The molecule has 0 saturated carbocycles. The Morgan fingerprint density at radius 1 is 1.40 bits per heavy atom. The number of piperazine rings is 1. The maximum absolute atomic E-state index is 9.37. The number of aliphatic hydroxyl groups excluding tert-OH is 1. The quantitative estimate of drug-likeness (QED) is 0.840. The highest BCUT2D eigenvalue weighted by atomic mass is 79.9. The summed E-state index contributed by atoms with van der Waals surface area (Å²) in [6.45, 7) is 4.18. The lowest BCUT2D eigenvalue weighted by molar-refractivity contribution is 0.139. The van der Waals surface area contributed by atoms with Gasteiger partial charge >= 0.3 is 0 Å². The van der Waals surface area contributed by atoms with E-state index in [1.54, 1.807) is 7.11 Å². The van der Waals surface area contributed by atoms with Crippen molar-refractivity contribution in [3.8, 4) is 5.75 Å². The SMILES string of the molecule is COc1ccc(Br)cc1[C@H](CCO)N1CCNCC1.Cl. The summed E-state index contributed by atoms with van der Waals surface area (Å²) in [6.07, 6.45) is 0.729. The summed E-state index contributed by atoms with van der Waals surface area (Å²) in [6, 6.07) is 6.27. The predicted molar refractivity (Wildman–Crippen MR) is 86.8 cm³/mol. The lowest BCUT2D eigenvalue weighted by Crippen LogP contribution is -2.45. The molecule has 1 aromatic rings. The van der Waals surface area contributed by atoms with Crippen molar-refractivity contribution in [3.05, 3.63) is 28.2 Å². The molecule has 1 heterocycles. The second-order valence-electron chi connectivity index (χ2n) is 4.70. The van der Waals surface area contributed by atoms with Crippen LogP contribution in [0.3, 0.4) is 0 Å². The van der Waals surface area contributed by atoms with Crippen LogP contribution < -0.4 is 10.1 Å². The minimum Gasteiger partial charge on any atom is -0.496 e. The zero-order chi connectivity index (χ0) is 13.7. The molecule has 0 amide bonds. The summed E-state index contributed by atoms with van der Waals surface area (Å²) in [5.41, 5.74) is 1.15. The Balaban J connectivity index is 0.00000200. The van der Waals surface area contributed by atoms with Gasteiger partial charge < -0.3 is 15.2 Å². The van der Waals surface area contributed by atoms with E-state index < -0.39 is 0 Å². The van der Waals surface area contributed by atoms with Gasteiger partial charge in [0, 0.05) is 48.9 Å². The molecule has 1 atom stereocenters. The van der Waals surface area contributed by atoms with Crippen molar-refractivity contribution < 1.29 is 9.84 Å². The Morgan fingerprint density at radius 2 is 2.10 bits per heavy atom. The number of nitrogens with one attached hydrogen (secondary N) is 1. The molecule has 1 fully saturated rings. The first-order valence-electron chi connectivity index (χ1n) is 6.65. The highest BCUT2D eigenvalue weighted by Gasteiger charge is 2.24. The van der Waals surface area contributed by atoms with Crippen molar-refractivity contribution >= 4 is 28.3 Å². The molecule has 0 bridgehead atoms. The van der Waals surface area contributed by atoms with Gasteiger partial charge in [0.2, 0.25) is 0 Å². The van der Waals surface area contributed by atoms with Crippen LogP contribution in [-0.2, 0) is 0 Å². The van der Waals surface area contributed by atoms with E-state index >= 15 is 0 Å². The predicted octanol–water partition coefficient (Wildman–Crippen LogP) is 2.21. The number of halogens is 2. The van der Waals surface area contributed by atoms with Crippen LogP contribution >= 0.6 is 28.3 Å². The zero-order valence-corrected chi connectivity index (χ0v) is 14.0. The van der Waals surface area contributed by atoms with Crippen LogP contribution in [0.15, 0.2) is 22.7 Å². The molecule has 0 radical (unpaired) electrons. The molecule has 114 valence electrons. The van der Waals surface area contributed by atoms with Crippen molar-refractivity contribution in [2.75, 3.05) is 39.9 Å². The van der Waals surface area contributed by atoms with Crippen LogP contribution in [-0.4, -0.2) is 49.9 Å². The number of hydrogen-bond donors (Lipinski definition) is 2. The lowest BCUT2D eigenvalue weighted by atomic mass is 10.0. The van der Waals surface area contributed by atoms with Crippen LogP contribution in [0, 0.1) is 0 Å². The summed E-state index contributed by atoms with van der Waals surface area (Å²) < 4.78 is 6.52. The summed E-state index contributed by atoms with van der Waals surface area (Å²) in [5.74, 6) is 0.889. The van der Waals surface area contributed by atoms with Crippen molar-refractivity contribution in [2.24, 2.45) is 0 Å². The topological polar surface area (TPSA) is 44.7 Å². The number of rotatable bonds is 5. The molecule has 0 unspecified atom stereocenters. The van der Waals surface area contributed by atoms with E-state index in [-0.39, 0.29) is 25.1 Å². The summed E-state index contributed by atoms with van der Waals surface area (Å²) in [5, 5.41) is 12.7. The third kappa shape index (κ3) is 4.33. The zero-order valence-electron chi connectivity index (χ0n) is 11.6. The van der Waals surface area contributed by atoms with E-state index in [2.05, 4.69) is 32.2 Å². The third-order valence-electron chi connectivity index (χ3n) is 3.55. The Kier molecular flexibility index (Phi) is 7.84. The van der Waals surface area contributed by atoms with Crippen LogP contribution in [0.2, 0.25) is 0 Å². The Labute approximate surface area is 135 Å². The number of hydrogen-bond acceptors (Lipinski definition) is 4. The van der Waals surface area contributed by atoms with E-state index in [1.807, 2.05) is 12.1 Å². The monoisotopic (exact) mass is 364 g/mol. The van der Waals surface area contributed by atoms with Gasteiger partial charge in [-0.05, 0) is 24.6 Å². The Bertz CT molecular complexity index is 414. The molecule has 20 heavy (non-hydrogen) atoms. The first kappa shape index (κ1) is 17.7. The first-order valence-corrected chi connectivity index (χ1v) is 7.44. The third-order valence-corrected chi connectivity index (χ3v) is 4.04. The van der Waals surface area contributed by atoms with Gasteiger partial charge in [0.1, 0.15) is 5.75 Å². The van der Waals surface area contributed by atoms with Gasteiger partial charge in [-0.2, -0.15) is 0 Å². The number of nitrogens with zero attached hydrogens (tertiary/aromatic N) is 1. The molecular weight excluding hydrogens is 344 g/mol. The number of methoxy groups -OCH3 is 1. The largest absolute Gasteiger partial charge is 0.496 e.